The van der Waals surface area contributed by atoms with Crippen molar-refractivity contribution in [2.24, 2.45) is 0 Å². The molecule has 0 spiro atoms. The Morgan fingerprint density at radius 3 is 2.65 bits per heavy atom. The molecule has 0 saturated heterocycles. The van der Waals surface area contributed by atoms with Crippen molar-refractivity contribution in [1.29, 1.82) is 0 Å². The van der Waals surface area contributed by atoms with Gasteiger partial charge in [0.05, 0.1) is 11.2 Å². The summed E-state index contributed by atoms with van der Waals surface area (Å²) in [5, 5.41) is 1.19. The highest BCUT2D eigenvalue weighted by Gasteiger charge is 2.04. The third-order valence-electron chi connectivity index (χ3n) is 1.97. The summed E-state index contributed by atoms with van der Waals surface area (Å²) in [6.45, 7) is 0.283. The highest BCUT2D eigenvalue weighted by molar-refractivity contribution is 6.32. The number of nitrogens with zero attached hydrogens (tertiary/aromatic N) is 2. The van der Waals surface area contributed by atoms with Crippen LogP contribution in [0.5, 0.6) is 5.75 Å². The molecule has 17 heavy (non-hydrogen) atoms. The average molecular weight is 290 g/mol. The van der Waals surface area contributed by atoms with Gasteiger partial charge in [-0.2, -0.15) is 0 Å². The molecule has 6 heteroatoms. The molecule has 0 aliphatic rings. The zero-order valence-electron chi connectivity index (χ0n) is 8.53. The molecule has 0 aliphatic heterocycles. The van der Waals surface area contributed by atoms with Gasteiger partial charge in [0.25, 0.3) is 0 Å². The van der Waals surface area contributed by atoms with Crippen molar-refractivity contribution in [3.63, 3.8) is 0 Å². The molecule has 3 nitrogen and oxygen atoms in total. The third-order valence-corrected chi connectivity index (χ3v) is 2.71. The van der Waals surface area contributed by atoms with Gasteiger partial charge in [0.2, 0.25) is 0 Å². The predicted molar refractivity (Wildman–Crippen MR) is 67.8 cm³/mol. The highest BCUT2D eigenvalue weighted by atomic mass is 35.5. The molecule has 0 atom stereocenters. The Bertz CT molecular complexity index is 534. The van der Waals surface area contributed by atoms with E-state index < -0.39 is 0 Å². The van der Waals surface area contributed by atoms with Crippen molar-refractivity contribution in [2.75, 3.05) is 0 Å². The quantitative estimate of drug-likeness (QED) is 0.801. The topological polar surface area (TPSA) is 35.0 Å². The monoisotopic (exact) mass is 288 g/mol. The molecule has 2 aromatic heterocycles. The minimum atomic E-state index is 0.283. The van der Waals surface area contributed by atoms with Gasteiger partial charge < -0.3 is 4.74 Å². The van der Waals surface area contributed by atoms with Crippen LogP contribution in [0.15, 0.2) is 30.6 Å². The van der Waals surface area contributed by atoms with E-state index in [9.17, 15) is 0 Å². The van der Waals surface area contributed by atoms with E-state index in [0.717, 1.165) is 5.56 Å². The van der Waals surface area contributed by atoms with Crippen LogP contribution in [-0.4, -0.2) is 9.97 Å². The fourth-order valence-corrected chi connectivity index (χ4v) is 1.74. The van der Waals surface area contributed by atoms with Gasteiger partial charge in [-0.3, -0.25) is 4.98 Å². The summed E-state index contributed by atoms with van der Waals surface area (Å²) < 4.78 is 5.48. The van der Waals surface area contributed by atoms with Gasteiger partial charge in [0.15, 0.2) is 0 Å². The second-order valence-electron chi connectivity index (χ2n) is 3.21. The lowest BCUT2D eigenvalue weighted by molar-refractivity contribution is 0.304. The number of aromatic nitrogens is 2. The zero-order chi connectivity index (χ0) is 12.3. The molecule has 0 N–H and O–H groups in total. The van der Waals surface area contributed by atoms with Gasteiger partial charge in [-0.1, -0.05) is 34.8 Å². The predicted octanol–water partition coefficient (Wildman–Crippen LogP) is 4.02. The first-order valence-corrected chi connectivity index (χ1v) is 5.83. The second kappa shape index (κ2) is 5.54. The van der Waals surface area contributed by atoms with Crippen LogP contribution in [-0.2, 0) is 6.61 Å². The Balaban J connectivity index is 2.07. The molecule has 0 fully saturated rings. The van der Waals surface area contributed by atoms with E-state index in [2.05, 4.69) is 9.97 Å². The van der Waals surface area contributed by atoms with E-state index >= 15 is 0 Å². The molecule has 0 radical (unpaired) electrons. The largest absolute Gasteiger partial charge is 0.487 e. The molecule has 88 valence electrons. The van der Waals surface area contributed by atoms with Gasteiger partial charge in [-0.25, -0.2) is 4.98 Å². The van der Waals surface area contributed by atoms with E-state index in [1.165, 1.54) is 6.20 Å². The number of hydrogen-bond acceptors (Lipinski definition) is 3. The van der Waals surface area contributed by atoms with Crippen molar-refractivity contribution < 1.29 is 4.74 Å². The molecule has 2 heterocycles. The summed E-state index contributed by atoms with van der Waals surface area (Å²) in [5.74, 6) is 0.573. The standard InChI is InChI=1S/C11H7Cl3N2O/c12-8-3-9(5-15-4-8)17-6-7-1-2-10(13)16-11(7)14/h1-5H,6H2. The Kier molecular flexibility index (Phi) is 4.05. The van der Waals surface area contributed by atoms with E-state index in [0.29, 0.717) is 21.1 Å². The minimum Gasteiger partial charge on any atom is -0.487 e. The summed E-state index contributed by atoms with van der Waals surface area (Å²) in [4.78, 5) is 7.82. The van der Waals surface area contributed by atoms with Crippen LogP contribution >= 0.6 is 34.8 Å². The maximum Gasteiger partial charge on any atom is 0.139 e. The lowest BCUT2D eigenvalue weighted by atomic mass is 10.3. The van der Waals surface area contributed by atoms with Crippen molar-refractivity contribution in [3.05, 3.63) is 51.5 Å². The summed E-state index contributed by atoms with van der Waals surface area (Å²) in [5.41, 5.74) is 0.746. The van der Waals surface area contributed by atoms with Crippen LogP contribution in [0.1, 0.15) is 5.56 Å². The fourth-order valence-electron chi connectivity index (χ4n) is 1.18. The van der Waals surface area contributed by atoms with E-state index in [-0.39, 0.29) is 6.61 Å². The van der Waals surface area contributed by atoms with Crippen LogP contribution in [0, 0.1) is 0 Å². The molecule has 0 unspecified atom stereocenters. The van der Waals surface area contributed by atoms with Gasteiger partial charge in [-0.15, -0.1) is 0 Å². The maximum atomic E-state index is 5.91. The number of ether oxygens (including phenoxy) is 1. The molecule has 2 aromatic rings. The van der Waals surface area contributed by atoms with Gasteiger partial charge >= 0.3 is 0 Å². The molecule has 0 saturated carbocycles. The first-order chi connectivity index (χ1) is 8.15. The molecule has 0 bridgehead atoms. The summed E-state index contributed by atoms with van der Waals surface area (Å²) >= 11 is 17.4. The van der Waals surface area contributed by atoms with Crippen LogP contribution in [0.4, 0.5) is 0 Å². The number of pyridine rings is 2. The number of halogens is 3. The average Bonchev–Trinajstić information content (AvgIpc) is 2.28. The Morgan fingerprint density at radius 1 is 1.12 bits per heavy atom. The van der Waals surface area contributed by atoms with Gasteiger partial charge in [0.1, 0.15) is 22.7 Å². The highest BCUT2D eigenvalue weighted by Crippen LogP contribution is 2.20. The van der Waals surface area contributed by atoms with Crippen molar-refractivity contribution >= 4 is 34.8 Å². The molecule has 0 aromatic carbocycles. The SMILES string of the molecule is Clc1cncc(OCc2ccc(Cl)nc2Cl)c1. The Morgan fingerprint density at radius 2 is 1.94 bits per heavy atom. The Hall–Kier alpha value is -1.03. The maximum absolute atomic E-state index is 5.91. The summed E-state index contributed by atoms with van der Waals surface area (Å²) in [6, 6.07) is 5.09. The lowest BCUT2D eigenvalue weighted by Gasteiger charge is -2.07. The summed E-state index contributed by atoms with van der Waals surface area (Å²) in [7, 11) is 0. The smallest absolute Gasteiger partial charge is 0.139 e. The molecule has 0 aliphatic carbocycles. The third kappa shape index (κ3) is 3.46. The lowest BCUT2D eigenvalue weighted by Crippen LogP contribution is -1.98. The first kappa shape index (κ1) is 12.4. The molecular weight excluding hydrogens is 282 g/mol. The molecule has 0 amide bonds. The summed E-state index contributed by atoms with van der Waals surface area (Å²) in [6.07, 6.45) is 3.11. The second-order valence-corrected chi connectivity index (χ2v) is 4.39. The zero-order valence-corrected chi connectivity index (χ0v) is 10.8. The molecular formula is C11H7Cl3N2O. The van der Waals surface area contributed by atoms with Crippen molar-refractivity contribution in [3.8, 4) is 5.75 Å². The van der Waals surface area contributed by atoms with Crippen LogP contribution < -0.4 is 4.74 Å². The number of hydrogen-bond donors (Lipinski definition) is 0. The van der Waals surface area contributed by atoms with E-state index in [1.807, 2.05) is 0 Å². The Labute approximate surface area is 113 Å². The normalized spacial score (nSPS) is 10.3. The number of rotatable bonds is 3. The van der Waals surface area contributed by atoms with Crippen LogP contribution in [0.2, 0.25) is 15.3 Å². The van der Waals surface area contributed by atoms with Crippen LogP contribution in [0.3, 0.4) is 0 Å². The first-order valence-electron chi connectivity index (χ1n) is 4.69. The fraction of sp³-hybridized carbons (Fsp3) is 0.0909. The van der Waals surface area contributed by atoms with Crippen LogP contribution in [0.25, 0.3) is 0 Å². The van der Waals surface area contributed by atoms with Crippen molar-refractivity contribution in [1.82, 2.24) is 9.97 Å². The van der Waals surface area contributed by atoms with E-state index in [1.54, 1.807) is 24.4 Å². The van der Waals surface area contributed by atoms with Gasteiger partial charge in [0, 0.05) is 17.8 Å². The molecule has 2 rings (SSSR count). The van der Waals surface area contributed by atoms with Gasteiger partial charge in [-0.05, 0) is 12.1 Å². The van der Waals surface area contributed by atoms with Crippen molar-refractivity contribution in [2.45, 2.75) is 6.61 Å². The minimum absolute atomic E-state index is 0.283. The van der Waals surface area contributed by atoms with E-state index in [4.69, 9.17) is 39.5 Å².